The summed E-state index contributed by atoms with van der Waals surface area (Å²) >= 11 is 3.41. The highest BCUT2D eigenvalue weighted by Crippen LogP contribution is 2.32. The molecule has 0 saturated heterocycles. The maximum absolute atomic E-state index is 14.4. The number of benzene rings is 2. The van der Waals surface area contributed by atoms with Crippen LogP contribution in [0.1, 0.15) is 16.8 Å². The van der Waals surface area contributed by atoms with Crippen LogP contribution in [0.3, 0.4) is 0 Å². The second kappa shape index (κ2) is 10.6. The fourth-order valence-electron chi connectivity index (χ4n) is 4.14. The molecule has 5 aromatic rings. The van der Waals surface area contributed by atoms with Gasteiger partial charge < -0.3 is 16.2 Å². The van der Waals surface area contributed by atoms with E-state index in [1.165, 1.54) is 28.8 Å². The Morgan fingerprint density at radius 3 is 2.51 bits per heavy atom. The van der Waals surface area contributed by atoms with Crippen LogP contribution in [0, 0.1) is 11.6 Å². The Balaban J connectivity index is 1.59. The molecule has 0 atom stereocenters. The number of pyridine rings is 1. The van der Waals surface area contributed by atoms with Crippen molar-refractivity contribution in [3.63, 3.8) is 0 Å². The number of carbonyl (C=O) groups excluding carboxylic acids is 1. The van der Waals surface area contributed by atoms with E-state index in [1.807, 2.05) is 24.3 Å². The van der Waals surface area contributed by atoms with E-state index in [1.54, 1.807) is 18.2 Å². The number of nitrogens with zero attached hydrogens (tertiary/aromatic N) is 6. The van der Waals surface area contributed by atoms with Gasteiger partial charge in [-0.1, -0.05) is 46.3 Å². The Morgan fingerprint density at radius 2 is 1.82 bits per heavy atom. The van der Waals surface area contributed by atoms with E-state index in [0.717, 1.165) is 16.2 Å². The average Bonchev–Trinajstić information content (AvgIpc) is 3.25. The van der Waals surface area contributed by atoms with E-state index in [-0.39, 0.29) is 41.8 Å². The molecule has 3 heterocycles. The summed E-state index contributed by atoms with van der Waals surface area (Å²) in [6.45, 7) is 0.0653. The quantitative estimate of drug-likeness (QED) is 0.286. The third-order valence-electron chi connectivity index (χ3n) is 5.88. The Hall–Kier alpha value is -4.65. The molecule has 0 aliphatic carbocycles. The van der Waals surface area contributed by atoms with Crippen molar-refractivity contribution >= 4 is 50.4 Å². The largest absolute Gasteiger partial charge is 0.452 e. The molecule has 198 valence electrons. The first-order chi connectivity index (χ1) is 18.7. The number of ether oxygens (including phenoxy) is 1. The standard InChI is InChI=1S/C26H21BrF2N8O2/c1-39-26(38)36(13-14-5-4-7-16(27)9-14)22-23(30)33-25(34-24(22)31)37-20-11-17(28)12-32-21(20)19(35-37)10-15-6-2-3-8-18(15)29/h2-9,11-12H,10,13H2,1H3,(H4,30,31,33,34). The third-order valence-corrected chi connectivity index (χ3v) is 6.38. The van der Waals surface area contributed by atoms with Gasteiger partial charge in [-0.25, -0.2) is 18.6 Å². The smallest absolute Gasteiger partial charge is 0.414 e. The number of methoxy groups -OCH3 is 1. The van der Waals surface area contributed by atoms with Crippen LogP contribution in [-0.4, -0.2) is 37.9 Å². The highest BCUT2D eigenvalue weighted by molar-refractivity contribution is 9.10. The summed E-state index contributed by atoms with van der Waals surface area (Å²) in [4.78, 5) is 26.7. The number of amides is 1. The molecule has 5 rings (SSSR count). The number of nitrogens with two attached hydrogens (primary N) is 2. The maximum atomic E-state index is 14.4. The van der Waals surface area contributed by atoms with Crippen LogP contribution in [0.25, 0.3) is 17.0 Å². The second-order valence-corrected chi connectivity index (χ2v) is 9.39. The molecule has 0 aliphatic heterocycles. The summed E-state index contributed by atoms with van der Waals surface area (Å²) in [5.41, 5.74) is 14.7. The topological polar surface area (TPSA) is 138 Å². The number of fused-ring (bicyclic) bond motifs is 1. The maximum Gasteiger partial charge on any atom is 0.414 e. The molecule has 13 heteroatoms. The fraction of sp³-hybridized carbons (Fsp3) is 0.115. The van der Waals surface area contributed by atoms with Crippen LogP contribution in [0.15, 0.2) is 65.3 Å². The predicted molar refractivity (Wildman–Crippen MR) is 145 cm³/mol. The number of aromatic nitrogens is 5. The lowest BCUT2D eigenvalue weighted by atomic mass is 10.1. The van der Waals surface area contributed by atoms with Crippen molar-refractivity contribution in [2.24, 2.45) is 0 Å². The van der Waals surface area contributed by atoms with Crippen molar-refractivity contribution < 1.29 is 18.3 Å². The molecule has 0 fully saturated rings. The van der Waals surface area contributed by atoms with Crippen molar-refractivity contribution in [3.8, 4) is 5.95 Å². The van der Waals surface area contributed by atoms with Crippen molar-refractivity contribution in [2.45, 2.75) is 13.0 Å². The Morgan fingerprint density at radius 1 is 1.08 bits per heavy atom. The van der Waals surface area contributed by atoms with Gasteiger partial charge in [-0.15, -0.1) is 0 Å². The van der Waals surface area contributed by atoms with Gasteiger partial charge in [-0.05, 0) is 29.3 Å². The molecule has 0 bridgehead atoms. The third kappa shape index (κ3) is 5.21. The predicted octanol–water partition coefficient (Wildman–Crippen LogP) is 4.78. The molecule has 10 nitrogen and oxygen atoms in total. The molecule has 1 amide bonds. The Labute approximate surface area is 229 Å². The van der Waals surface area contributed by atoms with Crippen LogP contribution < -0.4 is 16.4 Å². The van der Waals surface area contributed by atoms with E-state index in [4.69, 9.17) is 16.2 Å². The first kappa shape index (κ1) is 26.0. The van der Waals surface area contributed by atoms with Crippen molar-refractivity contribution in [1.82, 2.24) is 24.7 Å². The summed E-state index contributed by atoms with van der Waals surface area (Å²) < 4.78 is 35.6. The molecule has 0 aliphatic rings. The average molecular weight is 595 g/mol. The molecule has 0 radical (unpaired) electrons. The minimum absolute atomic E-state index is 0.0397. The monoisotopic (exact) mass is 594 g/mol. The van der Waals surface area contributed by atoms with Gasteiger partial charge in [0.05, 0.1) is 31.1 Å². The van der Waals surface area contributed by atoms with Gasteiger partial charge in [0, 0.05) is 17.0 Å². The highest BCUT2D eigenvalue weighted by Gasteiger charge is 2.26. The van der Waals surface area contributed by atoms with Crippen molar-refractivity contribution in [1.29, 1.82) is 0 Å². The molecule has 3 aromatic heterocycles. The van der Waals surface area contributed by atoms with Gasteiger partial charge in [-0.2, -0.15) is 19.7 Å². The van der Waals surface area contributed by atoms with E-state index < -0.39 is 17.7 Å². The number of hydrogen-bond acceptors (Lipinski definition) is 8. The lowest BCUT2D eigenvalue weighted by Crippen LogP contribution is -2.32. The van der Waals surface area contributed by atoms with Gasteiger partial charge in [0.1, 0.15) is 22.8 Å². The van der Waals surface area contributed by atoms with Crippen LogP contribution in [0.5, 0.6) is 0 Å². The molecule has 0 saturated carbocycles. The zero-order valence-corrected chi connectivity index (χ0v) is 22.1. The minimum Gasteiger partial charge on any atom is -0.452 e. The first-order valence-corrected chi connectivity index (χ1v) is 12.3. The van der Waals surface area contributed by atoms with Crippen molar-refractivity contribution in [2.75, 3.05) is 23.5 Å². The lowest BCUT2D eigenvalue weighted by molar-refractivity contribution is 0.178. The van der Waals surface area contributed by atoms with Crippen molar-refractivity contribution in [3.05, 3.63) is 93.7 Å². The summed E-state index contributed by atoms with van der Waals surface area (Å²) in [6.07, 6.45) is 0.399. The van der Waals surface area contributed by atoms with Crippen LogP contribution in [0.2, 0.25) is 0 Å². The van der Waals surface area contributed by atoms with E-state index in [9.17, 15) is 13.6 Å². The molecule has 4 N–H and O–H groups in total. The summed E-state index contributed by atoms with van der Waals surface area (Å²) in [5, 5.41) is 4.50. The molecular formula is C26H21BrF2N8O2. The van der Waals surface area contributed by atoms with E-state index in [2.05, 4.69) is 36.0 Å². The van der Waals surface area contributed by atoms with Crippen LogP contribution in [0.4, 0.5) is 30.9 Å². The normalized spacial score (nSPS) is 11.1. The Bertz CT molecular complexity index is 1690. The molecular weight excluding hydrogens is 574 g/mol. The van der Waals surface area contributed by atoms with Gasteiger partial charge >= 0.3 is 6.09 Å². The zero-order valence-electron chi connectivity index (χ0n) is 20.5. The number of hydrogen-bond donors (Lipinski definition) is 2. The van der Waals surface area contributed by atoms with Gasteiger partial charge in [-0.3, -0.25) is 4.90 Å². The summed E-state index contributed by atoms with van der Waals surface area (Å²) in [6, 6.07) is 14.8. The van der Waals surface area contributed by atoms with Gasteiger partial charge in [0.2, 0.25) is 0 Å². The first-order valence-electron chi connectivity index (χ1n) is 11.5. The minimum atomic E-state index is -0.729. The molecule has 0 spiro atoms. The van der Waals surface area contributed by atoms with E-state index in [0.29, 0.717) is 16.8 Å². The summed E-state index contributed by atoms with van der Waals surface area (Å²) in [7, 11) is 1.23. The highest BCUT2D eigenvalue weighted by atomic mass is 79.9. The molecule has 2 aromatic carbocycles. The van der Waals surface area contributed by atoms with Gasteiger partial charge in [0.25, 0.3) is 5.95 Å². The number of rotatable bonds is 6. The van der Waals surface area contributed by atoms with Gasteiger partial charge in [0.15, 0.2) is 11.6 Å². The number of halogens is 3. The van der Waals surface area contributed by atoms with Crippen LogP contribution >= 0.6 is 15.9 Å². The number of nitrogen functional groups attached to an aromatic ring is 2. The molecule has 0 unspecified atom stereocenters. The zero-order chi connectivity index (χ0) is 27.7. The molecule has 39 heavy (non-hydrogen) atoms. The SMILES string of the molecule is COC(=O)N(Cc1cccc(Br)c1)c1c(N)nc(-n2nc(Cc3ccccc3F)c3ncc(F)cc32)nc1N. The van der Waals surface area contributed by atoms with Crippen LogP contribution in [-0.2, 0) is 17.7 Å². The lowest BCUT2D eigenvalue weighted by Gasteiger charge is -2.23. The Kier molecular flexibility index (Phi) is 7.07. The number of anilines is 3. The fourth-order valence-corrected chi connectivity index (χ4v) is 4.59. The number of carbonyl (C=O) groups is 1. The summed E-state index contributed by atoms with van der Waals surface area (Å²) in [5.74, 6) is -1.39. The van der Waals surface area contributed by atoms with E-state index >= 15 is 0 Å². The second-order valence-electron chi connectivity index (χ2n) is 8.48.